The van der Waals surface area contributed by atoms with E-state index in [4.69, 9.17) is 16.7 Å². The minimum atomic E-state index is -0.425. The number of aliphatic hydroxyl groups excluding tert-OH is 2. The predicted octanol–water partition coefficient (Wildman–Crippen LogP) is 3.00. The van der Waals surface area contributed by atoms with E-state index >= 15 is 0 Å². The minimum Gasteiger partial charge on any atom is -0.396 e. The number of hydrogen-bond donors (Lipinski definition) is 2. The normalized spacial score (nSPS) is 21.2. The highest BCUT2D eigenvalue weighted by molar-refractivity contribution is 6.30. The molecule has 3 nitrogen and oxygen atoms in total. The van der Waals surface area contributed by atoms with E-state index in [-0.39, 0.29) is 6.61 Å². The first-order valence-electron chi connectivity index (χ1n) is 7.49. The minimum absolute atomic E-state index is 0.276. The van der Waals surface area contributed by atoms with Crippen LogP contribution in [0.5, 0.6) is 0 Å². The molecule has 1 aromatic carbocycles. The fourth-order valence-corrected chi connectivity index (χ4v) is 3.11. The molecular weight excluding hydrogens is 274 g/mol. The van der Waals surface area contributed by atoms with E-state index in [0.29, 0.717) is 11.1 Å². The summed E-state index contributed by atoms with van der Waals surface area (Å²) in [5.74, 6) is 0. The van der Waals surface area contributed by atoms with Crippen molar-refractivity contribution in [2.24, 2.45) is 0 Å². The standard InChI is InChI=1S/C16H24ClNO2/c17-14-7-5-13(6-8-14)16(20)9-11-18-10-1-3-15(18)4-2-12-19/h5-8,15-16,19-20H,1-4,9-12H2. The number of halogens is 1. The molecule has 0 saturated carbocycles. The lowest BCUT2D eigenvalue weighted by Crippen LogP contribution is -2.31. The van der Waals surface area contributed by atoms with Gasteiger partial charge in [-0.25, -0.2) is 0 Å². The third kappa shape index (κ3) is 4.45. The Morgan fingerprint density at radius 1 is 1.30 bits per heavy atom. The first-order chi connectivity index (χ1) is 9.70. The van der Waals surface area contributed by atoms with E-state index < -0.39 is 6.10 Å². The zero-order chi connectivity index (χ0) is 14.4. The van der Waals surface area contributed by atoms with Crippen LogP contribution in [-0.2, 0) is 0 Å². The lowest BCUT2D eigenvalue weighted by molar-refractivity contribution is 0.133. The molecule has 2 rings (SSSR count). The molecule has 1 fully saturated rings. The van der Waals surface area contributed by atoms with Crippen LogP contribution < -0.4 is 0 Å². The Balaban J connectivity index is 1.80. The SMILES string of the molecule is OCCCC1CCCN1CCC(O)c1ccc(Cl)cc1. The summed E-state index contributed by atoms with van der Waals surface area (Å²) in [5.41, 5.74) is 0.931. The van der Waals surface area contributed by atoms with Crippen molar-refractivity contribution in [2.45, 2.75) is 44.2 Å². The van der Waals surface area contributed by atoms with Crippen molar-refractivity contribution in [1.82, 2.24) is 4.90 Å². The van der Waals surface area contributed by atoms with Crippen LogP contribution in [0.25, 0.3) is 0 Å². The third-order valence-corrected chi connectivity index (χ3v) is 4.39. The van der Waals surface area contributed by atoms with Crippen LogP contribution in [0.3, 0.4) is 0 Å². The van der Waals surface area contributed by atoms with Crippen molar-refractivity contribution in [1.29, 1.82) is 0 Å². The van der Waals surface area contributed by atoms with Crippen molar-refractivity contribution < 1.29 is 10.2 Å². The Hall–Kier alpha value is -0.610. The van der Waals surface area contributed by atoms with Crippen LogP contribution in [0.2, 0.25) is 5.02 Å². The molecule has 1 heterocycles. The van der Waals surface area contributed by atoms with Gasteiger partial charge in [0.1, 0.15) is 0 Å². The first kappa shape index (κ1) is 15.8. The molecule has 2 N–H and O–H groups in total. The van der Waals surface area contributed by atoms with Gasteiger partial charge in [-0.05, 0) is 56.3 Å². The molecule has 1 aliphatic heterocycles. The Morgan fingerprint density at radius 3 is 2.75 bits per heavy atom. The summed E-state index contributed by atoms with van der Waals surface area (Å²) >= 11 is 5.85. The summed E-state index contributed by atoms with van der Waals surface area (Å²) in [7, 11) is 0. The van der Waals surface area contributed by atoms with E-state index in [1.807, 2.05) is 24.3 Å². The molecule has 1 aliphatic rings. The molecule has 2 atom stereocenters. The van der Waals surface area contributed by atoms with Gasteiger partial charge < -0.3 is 15.1 Å². The van der Waals surface area contributed by atoms with Gasteiger partial charge in [0.25, 0.3) is 0 Å². The summed E-state index contributed by atoms with van der Waals surface area (Å²) in [4.78, 5) is 2.45. The lowest BCUT2D eigenvalue weighted by Gasteiger charge is -2.25. The molecule has 0 aliphatic carbocycles. The molecule has 112 valence electrons. The maximum absolute atomic E-state index is 10.2. The van der Waals surface area contributed by atoms with Crippen LogP contribution in [0.15, 0.2) is 24.3 Å². The van der Waals surface area contributed by atoms with Crippen molar-refractivity contribution in [3.63, 3.8) is 0 Å². The van der Waals surface area contributed by atoms with Gasteiger partial charge in [0.15, 0.2) is 0 Å². The summed E-state index contributed by atoms with van der Waals surface area (Å²) in [6.07, 6.45) is 4.71. The third-order valence-electron chi connectivity index (χ3n) is 4.14. The monoisotopic (exact) mass is 297 g/mol. The van der Waals surface area contributed by atoms with Crippen LogP contribution in [0.1, 0.15) is 43.8 Å². The fraction of sp³-hybridized carbons (Fsp3) is 0.625. The number of likely N-dealkylation sites (tertiary alicyclic amines) is 1. The van der Waals surface area contributed by atoms with E-state index in [2.05, 4.69) is 4.90 Å². The smallest absolute Gasteiger partial charge is 0.0802 e. The number of benzene rings is 1. The molecule has 1 saturated heterocycles. The van der Waals surface area contributed by atoms with Crippen LogP contribution in [0.4, 0.5) is 0 Å². The van der Waals surface area contributed by atoms with Gasteiger partial charge in [-0.2, -0.15) is 0 Å². The van der Waals surface area contributed by atoms with Crippen LogP contribution in [-0.4, -0.2) is 40.9 Å². The second kappa shape index (κ2) is 7.99. The van der Waals surface area contributed by atoms with Crippen LogP contribution >= 0.6 is 11.6 Å². The number of nitrogens with zero attached hydrogens (tertiary/aromatic N) is 1. The van der Waals surface area contributed by atoms with Gasteiger partial charge in [0, 0.05) is 24.2 Å². The van der Waals surface area contributed by atoms with E-state index in [9.17, 15) is 5.11 Å². The molecule has 2 unspecified atom stereocenters. The zero-order valence-electron chi connectivity index (χ0n) is 11.8. The van der Waals surface area contributed by atoms with Crippen molar-refractivity contribution in [3.8, 4) is 0 Å². The number of hydrogen-bond acceptors (Lipinski definition) is 3. The maximum Gasteiger partial charge on any atom is 0.0802 e. The van der Waals surface area contributed by atoms with E-state index in [0.717, 1.165) is 37.9 Å². The fourth-order valence-electron chi connectivity index (χ4n) is 2.98. The van der Waals surface area contributed by atoms with E-state index in [1.165, 1.54) is 12.8 Å². The van der Waals surface area contributed by atoms with Gasteiger partial charge >= 0.3 is 0 Å². The molecule has 0 amide bonds. The van der Waals surface area contributed by atoms with Gasteiger partial charge in [0.2, 0.25) is 0 Å². The maximum atomic E-state index is 10.2. The average Bonchev–Trinajstić information content (AvgIpc) is 2.90. The highest BCUT2D eigenvalue weighted by atomic mass is 35.5. The summed E-state index contributed by atoms with van der Waals surface area (Å²) in [6, 6.07) is 8.00. The topological polar surface area (TPSA) is 43.7 Å². The molecule has 0 bridgehead atoms. The Morgan fingerprint density at radius 2 is 2.05 bits per heavy atom. The molecule has 4 heteroatoms. The van der Waals surface area contributed by atoms with Crippen molar-refractivity contribution in [3.05, 3.63) is 34.9 Å². The first-order valence-corrected chi connectivity index (χ1v) is 7.87. The van der Waals surface area contributed by atoms with Gasteiger partial charge in [-0.15, -0.1) is 0 Å². The molecule has 0 spiro atoms. The molecule has 1 aromatic rings. The summed E-state index contributed by atoms with van der Waals surface area (Å²) in [6.45, 7) is 2.31. The molecule has 20 heavy (non-hydrogen) atoms. The molecule has 0 radical (unpaired) electrons. The Bertz CT molecular complexity index is 396. The molecule has 0 aromatic heterocycles. The van der Waals surface area contributed by atoms with Crippen LogP contribution in [0, 0.1) is 0 Å². The Labute approximate surface area is 126 Å². The van der Waals surface area contributed by atoms with Gasteiger partial charge in [-0.1, -0.05) is 23.7 Å². The number of aliphatic hydroxyl groups is 2. The largest absolute Gasteiger partial charge is 0.396 e. The van der Waals surface area contributed by atoms with E-state index in [1.54, 1.807) is 0 Å². The Kier molecular flexibility index (Phi) is 6.30. The van der Waals surface area contributed by atoms with Crippen molar-refractivity contribution >= 4 is 11.6 Å². The zero-order valence-corrected chi connectivity index (χ0v) is 12.6. The lowest BCUT2D eigenvalue weighted by atomic mass is 10.1. The second-order valence-electron chi connectivity index (χ2n) is 5.55. The predicted molar refractivity (Wildman–Crippen MR) is 81.9 cm³/mol. The number of rotatable bonds is 7. The molecular formula is C16H24ClNO2. The summed E-state index contributed by atoms with van der Waals surface area (Å²) < 4.78 is 0. The highest BCUT2D eigenvalue weighted by Crippen LogP contribution is 2.24. The van der Waals surface area contributed by atoms with Gasteiger partial charge in [-0.3, -0.25) is 0 Å². The average molecular weight is 298 g/mol. The highest BCUT2D eigenvalue weighted by Gasteiger charge is 2.24. The summed E-state index contributed by atoms with van der Waals surface area (Å²) in [5, 5.41) is 19.9. The van der Waals surface area contributed by atoms with Gasteiger partial charge in [0.05, 0.1) is 6.10 Å². The quantitative estimate of drug-likeness (QED) is 0.813. The van der Waals surface area contributed by atoms with Crippen molar-refractivity contribution in [2.75, 3.05) is 19.7 Å². The second-order valence-corrected chi connectivity index (χ2v) is 5.99.